The average molecular weight is 363 g/mol. The summed E-state index contributed by atoms with van der Waals surface area (Å²) in [4.78, 5) is 31.5. The molecule has 4 rings (SSSR count). The molecule has 0 saturated carbocycles. The van der Waals surface area contributed by atoms with E-state index in [0.29, 0.717) is 30.5 Å². The van der Waals surface area contributed by atoms with Gasteiger partial charge in [0.2, 0.25) is 11.8 Å². The van der Waals surface area contributed by atoms with Crippen molar-refractivity contribution in [1.82, 2.24) is 20.0 Å². The fourth-order valence-electron chi connectivity index (χ4n) is 5.35. The Hall–Kier alpha value is -1.14. The van der Waals surface area contributed by atoms with Crippen LogP contribution in [0.3, 0.4) is 0 Å². The van der Waals surface area contributed by atoms with Crippen LogP contribution in [0.2, 0.25) is 0 Å². The van der Waals surface area contributed by atoms with Crippen molar-refractivity contribution in [1.29, 1.82) is 0 Å². The van der Waals surface area contributed by atoms with Crippen molar-refractivity contribution < 1.29 is 9.59 Å². The van der Waals surface area contributed by atoms with E-state index in [-0.39, 0.29) is 5.91 Å². The van der Waals surface area contributed by atoms with Crippen LogP contribution in [0.25, 0.3) is 0 Å². The molecule has 2 bridgehead atoms. The number of nitrogens with zero attached hydrogens (tertiary/aromatic N) is 3. The van der Waals surface area contributed by atoms with Crippen LogP contribution in [0.4, 0.5) is 0 Å². The van der Waals surface area contributed by atoms with Gasteiger partial charge >= 0.3 is 0 Å². The minimum atomic E-state index is 0.271. The molecule has 0 aromatic carbocycles. The first kappa shape index (κ1) is 18.2. The first-order chi connectivity index (χ1) is 12.7. The summed E-state index contributed by atoms with van der Waals surface area (Å²) in [7, 11) is 0. The van der Waals surface area contributed by atoms with Gasteiger partial charge in [-0.3, -0.25) is 14.5 Å². The van der Waals surface area contributed by atoms with Crippen molar-refractivity contribution in [3.05, 3.63) is 0 Å². The molecule has 0 aromatic heterocycles. The van der Waals surface area contributed by atoms with Gasteiger partial charge in [0.15, 0.2) is 0 Å². The molecule has 4 aliphatic heterocycles. The van der Waals surface area contributed by atoms with E-state index in [1.165, 1.54) is 25.7 Å². The molecule has 1 N–H and O–H groups in total. The number of rotatable bonds is 4. The van der Waals surface area contributed by atoms with Crippen LogP contribution < -0.4 is 5.32 Å². The van der Waals surface area contributed by atoms with Crippen molar-refractivity contribution in [2.24, 2.45) is 5.92 Å². The first-order valence-corrected chi connectivity index (χ1v) is 10.7. The van der Waals surface area contributed by atoms with Gasteiger partial charge in [0.1, 0.15) is 0 Å². The molecule has 4 saturated heterocycles. The second-order valence-electron chi connectivity index (χ2n) is 8.78. The summed E-state index contributed by atoms with van der Waals surface area (Å²) < 4.78 is 0. The number of amides is 2. The fourth-order valence-corrected chi connectivity index (χ4v) is 5.35. The molecular weight excluding hydrogens is 328 g/mol. The Kier molecular flexibility index (Phi) is 5.79. The fraction of sp³-hybridized carbons (Fsp3) is 0.900. The zero-order valence-electron chi connectivity index (χ0n) is 16.0. The number of carbonyl (C=O) groups is 2. The van der Waals surface area contributed by atoms with Crippen molar-refractivity contribution >= 4 is 11.8 Å². The SMILES string of the molecule is O=C(CC1CC2CCC(C1)N2)N1CCCN(CC(=O)N2CCCC2)CC1. The molecule has 4 heterocycles. The summed E-state index contributed by atoms with van der Waals surface area (Å²) in [6.07, 6.45) is 8.92. The Morgan fingerprint density at radius 3 is 2.15 bits per heavy atom. The molecule has 2 unspecified atom stereocenters. The maximum atomic E-state index is 12.8. The number of hydrogen-bond donors (Lipinski definition) is 1. The quantitative estimate of drug-likeness (QED) is 0.813. The molecule has 6 heteroatoms. The third-order valence-electron chi connectivity index (χ3n) is 6.79. The van der Waals surface area contributed by atoms with Crippen LogP contribution in [-0.4, -0.2) is 84.4 Å². The van der Waals surface area contributed by atoms with E-state index in [4.69, 9.17) is 0 Å². The zero-order valence-corrected chi connectivity index (χ0v) is 16.0. The van der Waals surface area contributed by atoms with Gasteiger partial charge in [-0.25, -0.2) is 0 Å². The molecule has 146 valence electrons. The van der Waals surface area contributed by atoms with E-state index < -0.39 is 0 Å². The van der Waals surface area contributed by atoms with Crippen LogP contribution in [-0.2, 0) is 9.59 Å². The maximum Gasteiger partial charge on any atom is 0.236 e. The third kappa shape index (κ3) is 4.39. The zero-order chi connectivity index (χ0) is 17.9. The van der Waals surface area contributed by atoms with Gasteiger partial charge in [-0.15, -0.1) is 0 Å². The lowest BCUT2D eigenvalue weighted by Gasteiger charge is -2.30. The summed E-state index contributed by atoms with van der Waals surface area (Å²) in [5, 5.41) is 3.66. The second-order valence-corrected chi connectivity index (χ2v) is 8.78. The normalized spacial score (nSPS) is 32.7. The van der Waals surface area contributed by atoms with Gasteiger partial charge in [-0.1, -0.05) is 0 Å². The van der Waals surface area contributed by atoms with Gasteiger partial charge < -0.3 is 15.1 Å². The van der Waals surface area contributed by atoms with Gasteiger partial charge in [-0.05, 0) is 50.9 Å². The standard InChI is InChI=1S/C20H34N4O2/c25-19(14-16-12-17-4-5-18(13-16)21-17)24-9-3-6-22(10-11-24)15-20(26)23-7-1-2-8-23/h16-18,21H,1-15H2. The summed E-state index contributed by atoms with van der Waals surface area (Å²) in [6.45, 7) is 5.78. The predicted octanol–water partition coefficient (Wildman–Crippen LogP) is 1.06. The molecule has 0 aliphatic carbocycles. The Bertz CT molecular complexity index is 508. The summed E-state index contributed by atoms with van der Waals surface area (Å²) >= 11 is 0. The molecule has 4 aliphatic rings. The van der Waals surface area contributed by atoms with E-state index in [1.54, 1.807) is 0 Å². The monoisotopic (exact) mass is 362 g/mol. The van der Waals surface area contributed by atoms with Crippen molar-refractivity contribution in [3.63, 3.8) is 0 Å². The van der Waals surface area contributed by atoms with Crippen LogP contribution in [0, 0.1) is 5.92 Å². The third-order valence-corrected chi connectivity index (χ3v) is 6.79. The molecule has 0 aromatic rings. The van der Waals surface area contributed by atoms with E-state index in [0.717, 1.165) is 65.0 Å². The lowest BCUT2D eigenvalue weighted by atomic mass is 9.89. The van der Waals surface area contributed by atoms with Gasteiger partial charge in [-0.2, -0.15) is 0 Å². The summed E-state index contributed by atoms with van der Waals surface area (Å²) in [5.74, 6) is 1.17. The molecule has 6 nitrogen and oxygen atoms in total. The lowest BCUT2D eigenvalue weighted by molar-refractivity contribution is -0.132. The van der Waals surface area contributed by atoms with Crippen molar-refractivity contribution in [3.8, 4) is 0 Å². The average Bonchev–Trinajstić information content (AvgIpc) is 3.21. The van der Waals surface area contributed by atoms with E-state index >= 15 is 0 Å². The molecule has 0 radical (unpaired) electrons. The van der Waals surface area contributed by atoms with Gasteiger partial charge in [0.25, 0.3) is 0 Å². The minimum absolute atomic E-state index is 0.271. The Balaban J connectivity index is 1.22. The highest BCUT2D eigenvalue weighted by Crippen LogP contribution is 2.33. The van der Waals surface area contributed by atoms with Crippen molar-refractivity contribution in [2.75, 3.05) is 45.8 Å². The Labute approximate surface area is 157 Å². The van der Waals surface area contributed by atoms with Crippen LogP contribution in [0.15, 0.2) is 0 Å². The Morgan fingerprint density at radius 1 is 0.769 bits per heavy atom. The number of fused-ring (bicyclic) bond motifs is 2. The van der Waals surface area contributed by atoms with E-state index in [9.17, 15) is 9.59 Å². The molecule has 0 spiro atoms. The number of likely N-dealkylation sites (tertiary alicyclic amines) is 1. The molecule has 2 atom stereocenters. The Morgan fingerprint density at radius 2 is 1.42 bits per heavy atom. The number of carbonyl (C=O) groups excluding carboxylic acids is 2. The minimum Gasteiger partial charge on any atom is -0.342 e. The number of nitrogens with one attached hydrogen (secondary N) is 1. The predicted molar refractivity (Wildman–Crippen MR) is 101 cm³/mol. The first-order valence-electron chi connectivity index (χ1n) is 10.7. The van der Waals surface area contributed by atoms with Gasteiger partial charge in [0.05, 0.1) is 6.54 Å². The number of hydrogen-bond acceptors (Lipinski definition) is 4. The van der Waals surface area contributed by atoms with Crippen LogP contribution in [0.5, 0.6) is 0 Å². The molecule has 26 heavy (non-hydrogen) atoms. The highest BCUT2D eigenvalue weighted by atomic mass is 16.2. The highest BCUT2D eigenvalue weighted by Gasteiger charge is 2.35. The number of piperidine rings is 1. The summed E-state index contributed by atoms with van der Waals surface area (Å²) in [5.41, 5.74) is 0. The highest BCUT2D eigenvalue weighted by molar-refractivity contribution is 5.78. The topological polar surface area (TPSA) is 55.9 Å². The molecule has 4 fully saturated rings. The lowest BCUT2D eigenvalue weighted by Crippen LogP contribution is -2.42. The molecular formula is C20H34N4O2. The van der Waals surface area contributed by atoms with E-state index in [1.807, 2.05) is 4.90 Å². The van der Waals surface area contributed by atoms with Crippen molar-refractivity contribution in [2.45, 2.75) is 63.5 Å². The van der Waals surface area contributed by atoms with Gasteiger partial charge in [0, 0.05) is 57.8 Å². The van der Waals surface area contributed by atoms with Crippen LogP contribution >= 0.6 is 0 Å². The van der Waals surface area contributed by atoms with Crippen LogP contribution in [0.1, 0.15) is 51.4 Å². The maximum absolute atomic E-state index is 12.8. The smallest absolute Gasteiger partial charge is 0.236 e. The largest absolute Gasteiger partial charge is 0.342 e. The summed E-state index contributed by atoms with van der Waals surface area (Å²) in [6, 6.07) is 1.31. The van der Waals surface area contributed by atoms with E-state index in [2.05, 4.69) is 15.1 Å². The molecule has 2 amide bonds. The second kappa shape index (κ2) is 8.26.